The molecule has 2 aliphatic heterocycles. The molecule has 212 valence electrons. The van der Waals surface area contributed by atoms with Crippen LogP contribution in [0.3, 0.4) is 0 Å². The topological polar surface area (TPSA) is 244 Å². The lowest BCUT2D eigenvalue weighted by Gasteiger charge is -2.49. The molecule has 2 aliphatic rings. The van der Waals surface area contributed by atoms with Crippen molar-refractivity contribution in [2.24, 2.45) is 12.2 Å². The molecule has 0 aromatic carbocycles. The highest BCUT2D eigenvalue weighted by Gasteiger charge is 2.54. The number of carbonyl (C=O) groups is 4. The van der Waals surface area contributed by atoms with Crippen LogP contribution in [0.1, 0.15) is 5.69 Å². The monoisotopic (exact) mass is 611 g/mol. The molecule has 4 heterocycles. The SMILES string of the molecule is CON=C(C(=O)NCC(=O)NC1C(=O)N2C(C(=O)O)=C(CSc3nc(=O)c(O)nn3C)CS[C@@H]12)c1csc(N)n1. The molecule has 0 radical (unpaired) electrons. The van der Waals surface area contributed by atoms with Gasteiger partial charge < -0.3 is 31.4 Å². The number of hydrogen-bond acceptors (Lipinski definition) is 15. The number of thiazole rings is 1. The molecule has 4 rings (SSSR count). The smallest absolute Gasteiger partial charge is 0.352 e. The van der Waals surface area contributed by atoms with Gasteiger partial charge in [0.25, 0.3) is 17.7 Å². The van der Waals surface area contributed by atoms with E-state index in [1.165, 1.54) is 36.0 Å². The maximum atomic E-state index is 12.9. The number of fused-ring (bicyclic) bond motifs is 1. The van der Waals surface area contributed by atoms with Crippen LogP contribution in [0.25, 0.3) is 0 Å². The van der Waals surface area contributed by atoms with Crippen molar-refractivity contribution in [2.75, 3.05) is 30.9 Å². The Labute approximate surface area is 236 Å². The van der Waals surface area contributed by atoms with Gasteiger partial charge in [-0.1, -0.05) is 16.9 Å². The first-order chi connectivity index (χ1) is 19.0. The minimum atomic E-state index is -1.33. The number of thioether (sulfide) groups is 2. The lowest BCUT2D eigenvalue weighted by Crippen LogP contribution is -2.71. The van der Waals surface area contributed by atoms with Gasteiger partial charge in [0, 0.05) is 23.9 Å². The zero-order valence-corrected chi connectivity index (χ0v) is 23.1. The van der Waals surface area contributed by atoms with Crippen molar-refractivity contribution < 1.29 is 34.2 Å². The first kappa shape index (κ1) is 28.8. The number of amides is 3. The summed E-state index contributed by atoms with van der Waals surface area (Å²) in [5, 5.41) is 32.5. The number of rotatable bonds is 10. The Kier molecular flexibility index (Phi) is 8.59. The molecule has 0 aliphatic carbocycles. The number of carboxylic acids is 1. The quantitative estimate of drug-likeness (QED) is 0.0838. The molecule has 2 aromatic rings. The summed E-state index contributed by atoms with van der Waals surface area (Å²) in [7, 11) is 2.70. The highest BCUT2D eigenvalue weighted by atomic mass is 32.2. The zero-order valence-electron chi connectivity index (χ0n) is 20.7. The maximum absolute atomic E-state index is 12.9. The van der Waals surface area contributed by atoms with Gasteiger partial charge in [-0.05, 0) is 5.57 Å². The van der Waals surface area contributed by atoms with Crippen LogP contribution < -0.4 is 21.9 Å². The van der Waals surface area contributed by atoms with E-state index < -0.39 is 53.1 Å². The van der Waals surface area contributed by atoms with Crippen LogP contribution >= 0.6 is 34.9 Å². The van der Waals surface area contributed by atoms with Gasteiger partial charge in [0.05, 0.1) is 6.54 Å². The Bertz CT molecular complexity index is 1500. The van der Waals surface area contributed by atoms with Gasteiger partial charge in [-0.2, -0.15) is 4.98 Å². The fourth-order valence-corrected chi connectivity index (χ4v) is 6.61. The maximum Gasteiger partial charge on any atom is 0.352 e. The van der Waals surface area contributed by atoms with Crippen LogP contribution in [0, 0.1) is 0 Å². The number of carbonyl (C=O) groups excluding carboxylic acids is 3. The van der Waals surface area contributed by atoms with Gasteiger partial charge in [0.2, 0.25) is 5.91 Å². The average Bonchev–Trinajstić information content (AvgIpc) is 3.35. The Balaban J connectivity index is 1.38. The minimum Gasteiger partial charge on any atom is -0.488 e. The summed E-state index contributed by atoms with van der Waals surface area (Å²) < 4.78 is 1.18. The van der Waals surface area contributed by atoms with E-state index >= 15 is 0 Å². The number of anilines is 1. The summed E-state index contributed by atoms with van der Waals surface area (Å²) in [4.78, 5) is 75.0. The number of aryl methyl sites for hydroxylation is 1. The number of nitrogens with zero attached hydrogens (tertiary/aromatic N) is 6. The molecule has 3 amide bonds. The molecule has 2 aromatic heterocycles. The number of hydrogen-bond donors (Lipinski definition) is 5. The second-order valence-corrected chi connectivity index (χ2v) is 11.0. The van der Waals surface area contributed by atoms with E-state index in [2.05, 4.69) is 35.7 Å². The van der Waals surface area contributed by atoms with E-state index in [0.717, 1.165) is 28.0 Å². The average molecular weight is 612 g/mol. The number of aromatic nitrogens is 4. The van der Waals surface area contributed by atoms with Crippen molar-refractivity contribution in [3.05, 3.63) is 32.7 Å². The third-order valence-electron chi connectivity index (χ3n) is 5.42. The third-order valence-corrected chi connectivity index (χ3v) is 8.54. The molecule has 0 spiro atoms. The van der Waals surface area contributed by atoms with Gasteiger partial charge >= 0.3 is 11.5 Å². The minimum absolute atomic E-state index is 0.0803. The molecule has 0 saturated carbocycles. The largest absolute Gasteiger partial charge is 0.488 e. The molecule has 20 heteroatoms. The summed E-state index contributed by atoms with van der Waals surface area (Å²) in [5.41, 5.74) is 4.81. The second kappa shape index (κ2) is 11.9. The number of nitrogen functional groups attached to an aromatic ring is 1. The van der Waals surface area contributed by atoms with Gasteiger partial charge in [-0.25, -0.2) is 14.5 Å². The van der Waals surface area contributed by atoms with Gasteiger partial charge in [0.15, 0.2) is 16.0 Å². The molecule has 6 N–H and O–H groups in total. The Morgan fingerprint density at radius 2 is 2.08 bits per heavy atom. The van der Waals surface area contributed by atoms with Crippen molar-refractivity contribution >= 4 is 69.4 Å². The molecule has 1 saturated heterocycles. The first-order valence-corrected chi connectivity index (χ1v) is 14.0. The summed E-state index contributed by atoms with van der Waals surface area (Å²) in [6.07, 6.45) is 0. The van der Waals surface area contributed by atoms with E-state index in [0.29, 0.717) is 5.57 Å². The predicted molar refractivity (Wildman–Crippen MR) is 142 cm³/mol. The third kappa shape index (κ3) is 5.87. The van der Waals surface area contributed by atoms with E-state index in [4.69, 9.17) is 5.73 Å². The van der Waals surface area contributed by atoms with Gasteiger partial charge in [-0.3, -0.25) is 24.1 Å². The van der Waals surface area contributed by atoms with E-state index in [9.17, 15) is 34.2 Å². The fraction of sp³-hybridized carbons (Fsp3) is 0.350. The summed E-state index contributed by atoms with van der Waals surface area (Å²) in [5.74, 6) is -3.87. The summed E-state index contributed by atoms with van der Waals surface area (Å²) in [6, 6.07) is -1.01. The molecular formula is C20H21N9O8S3. The molecule has 17 nitrogen and oxygen atoms in total. The standard InChI is InChI=1S/C20H21N9O8S3/c1-28-20(25-14(32)15(33)26-28)40-5-7-4-38-17-11(16(34)29(17)12(7)18(35)36)24-9(30)3-22-13(31)10(27-37-2)8-6-39-19(21)23-8/h6,11,17H,3-5H2,1-2H3,(H2,21,23)(H,22,31)(H,24,30)(H,26,33)(H,35,36)/t11?,17-/m0/s1. The van der Waals surface area contributed by atoms with E-state index in [1.54, 1.807) is 0 Å². The number of oxime groups is 1. The van der Waals surface area contributed by atoms with Gasteiger partial charge in [-0.15, -0.1) is 28.2 Å². The summed E-state index contributed by atoms with van der Waals surface area (Å²) >= 11 is 3.35. The van der Waals surface area contributed by atoms with Crippen LogP contribution in [0.2, 0.25) is 0 Å². The zero-order chi connectivity index (χ0) is 29.1. The fourth-order valence-electron chi connectivity index (χ4n) is 3.67. The molecule has 40 heavy (non-hydrogen) atoms. The number of β-lactam (4-membered cyclic amide) rings is 1. The Morgan fingerprint density at radius 1 is 1.32 bits per heavy atom. The number of nitrogens with two attached hydrogens (primary N) is 1. The molecule has 1 fully saturated rings. The van der Waals surface area contributed by atoms with Crippen LogP contribution in [-0.2, 0) is 31.1 Å². The number of carboxylic acid groups (broad SMARTS) is 1. The Hall–Kier alpha value is -4.17. The van der Waals surface area contributed by atoms with E-state index in [1.807, 2.05) is 0 Å². The van der Waals surface area contributed by atoms with Crippen molar-refractivity contribution in [3.63, 3.8) is 0 Å². The molecule has 1 unspecified atom stereocenters. The first-order valence-electron chi connectivity index (χ1n) is 11.1. The molecule has 2 atom stereocenters. The number of aromatic hydroxyl groups is 1. The van der Waals surface area contributed by atoms with E-state index in [-0.39, 0.29) is 38.9 Å². The van der Waals surface area contributed by atoms with Crippen LogP contribution in [0.5, 0.6) is 5.88 Å². The van der Waals surface area contributed by atoms with Crippen molar-refractivity contribution in [1.82, 2.24) is 35.3 Å². The lowest BCUT2D eigenvalue weighted by atomic mass is 10.0. The van der Waals surface area contributed by atoms with Gasteiger partial charge in [0.1, 0.15) is 29.9 Å². The molecular weight excluding hydrogens is 590 g/mol. The van der Waals surface area contributed by atoms with Crippen LogP contribution in [0.15, 0.2) is 31.8 Å². The van der Waals surface area contributed by atoms with Crippen molar-refractivity contribution in [3.8, 4) is 5.88 Å². The highest BCUT2D eigenvalue weighted by Crippen LogP contribution is 2.41. The lowest BCUT2D eigenvalue weighted by molar-refractivity contribution is -0.150. The van der Waals surface area contributed by atoms with Crippen molar-refractivity contribution in [1.29, 1.82) is 0 Å². The van der Waals surface area contributed by atoms with Crippen molar-refractivity contribution in [2.45, 2.75) is 16.6 Å². The predicted octanol–water partition coefficient (Wildman–Crippen LogP) is -2.08. The Morgan fingerprint density at radius 3 is 2.73 bits per heavy atom. The second-order valence-electron chi connectivity index (χ2n) is 8.02. The highest BCUT2D eigenvalue weighted by molar-refractivity contribution is 8.01. The molecule has 0 bridgehead atoms. The summed E-state index contributed by atoms with van der Waals surface area (Å²) in [6.45, 7) is -0.502. The number of aliphatic carboxylic acids is 1. The number of nitrogens with one attached hydrogen (secondary N) is 2. The van der Waals surface area contributed by atoms with Crippen LogP contribution in [-0.4, -0.2) is 101 Å². The normalized spacial score (nSPS) is 18.6. The van der Waals surface area contributed by atoms with Crippen LogP contribution in [0.4, 0.5) is 5.13 Å².